The van der Waals surface area contributed by atoms with E-state index in [1.54, 1.807) is 12.3 Å². The second-order valence-corrected chi connectivity index (χ2v) is 7.09. The molecule has 3 aromatic rings. The van der Waals surface area contributed by atoms with Crippen LogP contribution in [0.2, 0.25) is 10.0 Å². The summed E-state index contributed by atoms with van der Waals surface area (Å²) in [5, 5.41) is 28.7. The van der Waals surface area contributed by atoms with Crippen LogP contribution in [0.5, 0.6) is 0 Å². The van der Waals surface area contributed by atoms with Crippen molar-refractivity contribution in [1.29, 1.82) is 0 Å². The van der Waals surface area contributed by atoms with Gasteiger partial charge < -0.3 is 10.2 Å². The third-order valence-electron chi connectivity index (χ3n) is 4.53. The average Bonchev–Trinajstić information content (AvgIpc) is 3.36. The Morgan fingerprint density at radius 3 is 2.73 bits per heavy atom. The number of aromatic nitrogens is 4. The van der Waals surface area contributed by atoms with Crippen molar-refractivity contribution in [1.82, 2.24) is 30.4 Å². The highest BCUT2D eigenvalue weighted by Crippen LogP contribution is 2.37. The van der Waals surface area contributed by atoms with Crippen molar-refractivity contribution in [3.05, 3.63) is 40.1 Å². The molecule has 1 aromatic carbocycles. The van der Waals surface area contributed by atoms with E-state index >= 15 is 0 Å². The molecule has 1 aliphatic heterocycles. The van der Waals surface area contributed by atoms with E-state index in [1.807, 2.05) is 16.8 Å². The standard InChI is InChI=1S/C16H18Cl2N6O2/c17-13-2-1-11-12(9-3-19-20-4-9)6-24(16(11)15(13)18)14-7-23(22-21-14)5-10(26)8-25/h1-2,6-7,9-10,19-20,25-26H,3-5,8H2. The van der Waals surface area contributed by atoms with Crippen LogP contribution in [0.25, 0.3) is 16.7 Å². The summed E-state index contributed by atoms with van der Waals surface area (Å²) in [5.74, 6) is 0.858. The quantitative estimate of drug-likeness (QED) is 0.514. The number of rotatable bonds is 5. The molecule has 1 atom stereocenters. The Morgan fingerprint density at radius 1 is 1.23 bits per heavy atom. The third kappa shape index (κ3) is 3.09. The molecule has 0 spiro atoms. The lowest BCUT2D eigenvalue weighted by atomic mass is 10.00. The minimum atomic E-state index is -0.893. The summed E-state index contributed by atoms with van der Waals surface area (Å²) in [5.41, 5.74) is 8.20. The molecule has 0 bridgehead atoms. The number of hydrogen-bond donors (Lipinski definition) is 4. The molecule has 26 heavy (non-hydrogen) atoms. The van der Waals surface area contributed by atoms with Crippen molar-refractivity contribution in [3.63, 3.8) is 0 Å². The molecular weight excluding hydrogens is 379 g/mol. The molecule has 1 fully saturated rings. The van der Waals surface area contributed by atoms with Gasteiger partial charge in [-0.2, -0.15) is 0 Å². The van der Waals surface area contributed by atoms with Crippen molar-refractivity contribution in [2.45, 2.75) is 18.6 Å². The highest BCUT2D eigenvalue weighted by atomic mass is 35.5. The van der Waals surface area contributed by atoms with Gasteiger partial charge in [0, 0.05) is 30.6 Å². The minimum Gasteiger partial charge on any atom is -0.394 e. The summed E-state index contributed by atoms with van der Waals surface area (Å²) < 4.78 is 3.35. The van der Waals surface area contributed by atoms with Gasteiger partial charge in [-0.25, -0.2) is 4.68 Å². The molecule has 4 rings (SSSR count). The first-order chi connectivity index (χ1) is 12.6. The lowest BCUT2D eigenvalue weighted by Crippen LogP contribution is -2.21. The summed E-state index contributed by atoms with van der Waals surface area (Å²) in [6.07, 6.45) is 2.81. The van der Waals surface area contributed by atoms with Gasteiger partial charge in [0.05, 0.1) is 41.0 Å². The summed E-state index contributed by atoms with van der Waals surface area (Å²) in [6.45, 7) is 1.44. The van der Waals surface area contributed by atoms with Gasteiger partial charge in [0.15, 0.2) is 5.82 Å². The molecular formula is C16H18Cl2N6O2. The zero-order chi connectivity index (χ0) is 18.3. The maximum atomic E-state index is 9.59. The second-order valence-electron chi connectivity index (χ2n) is 6.31. The van der Waals surface area contributed by atoms with Gasteiger partial charge in [0.1, 0.15) is 0 Å². The Hall–Kier alpha value is -1.68. The number of halogens is 2. The second kappa shape index (κ2) is 7.15. The number of benzene rings is 1. The van der Waals surface area contributed by atoms with E-state index in [-0.39, 0.29) is 13.2 Å². The number of nitrogens with zero attached hydrogens (tertiary/aromatic N) is 4. The van der Waals surface area contributed by atoms with Crippen LogP contribution >= 0.6 is 23.2 Å². The highest BCUT2D eigenvalue weighted by molar-refractivity contribution is 6.45. The van der Waals surface area contributed by atoms with Crippen LogP contribution in [0.15, 0.2) is 24.5 Å². The van der Waals surface area contributed by atoms with Gasteiger partial charge in [-0.3, -0.25) is 15.4 Å². The molecule has 10 heteroatoms. The van der Waals surface area contributed by atoms with E-state index in [0.29, 0.717) is 21.8 Å². The first kappa shape index (κ1) is 17.7. The number of hydrogen-bond acceptors (Lipinski definition) is 6. The van der Waals surface area contributed by atoms with Crippen molar-refractivity contribution >= 4 is 34.1 Å². The Morgan fingerprint density at radius 2 is 2.00 bits per heavy atom. The molecule has 1 saturated heterocycles. The Kier molecular flexibility index (Phi) is 4.87. The topological polar surface area (TPSA) is 100 Å². The van der Waals surface area contributed by atoms with E-state index in [0.717, 1.165) is 29.6 Å². The molecule has 8 nitrogen and oxygen atoms in total. The van der Waals surface area contributed by atoms with E-state index < -0.39 is 6.10 Å². The summed E-state index contributed by atoms with van der Waals surface area (Å²) in [4.78, 5) is 0. The zero-order valence-corrected chi connectivity index (χ0v) is 15.2. The van der Waals surface area contributed by atoms with Gasteiger partial charge in [-0.15, -0.1) is 5.10 Å². The fourth-order valence-electron chi connectivity index (χ4n) is 3.23. The molecule has 2 aromatic heterocycles. The van der Waals surface area contributed by atoms with Crippen LogP contribution in [0, 0.1) is 0 Å². The molecule has 0 amide bonds. The van der Waals surface area contributed by atoms with Gasteiger partial charge >= 0.3 is 0 Å². The summed E-state index contributed by atoms with van der Waals surface area (Å²) in [6, 6.07) is 3.76. The number of aliphatic hydroxyl groups excluding tert-OH is 2. The maximum absolute atomic E-state index is 9.59. The van der Waals surface area contributed by atoms with Crippen LogP contribution < -0.4 is 10.9 Å². The fraction of sp³-hybridized carbons (Fsp3) is 0.375. The summed E-state index contributed by atoms with van der Waals surface area (Å²) >= 11 is 12.7. The molecule has 0 radical (unpaired) electrons. The highest BCUT2D eigenvalue weighted by Gasteiger charge is 2.24. The molecule has 1 unspecified atom stereocenters. The van der Waals surface area contributed by atoms with E-state index in [9.17, 15) is 5.11 Å². The van der Waals surface area contributed by atoms with Gasteiger partial charge in [0.25, 0.3) is 0 Å². The Bertz CT molecular complexity index is 934. The number of nitrogens with one attached hydrogen (secondary N) is 2. The van der Waals surface area contributed by atoms with Crippen molar-refractivity contribution in [2.75, 3.05) is 19.7 Å². The smallest absolute Gasteiger partial charge is 0.179 e. The first-order valence-electron chi connectivity index (χ1n) is 8.22. The van der Waals surface area contributed by atoms with Crippen molar-refractivity contribution in [2.24, 2.45) is 0 Å². The van der Waals surface area contributed by atoms with Crippen LogP contribution in [-0.4, -0.2) is 55.6 Å². The Balaban J connectivity index is 1.83. The third-order valence-corrected chi connectivity index (χ3v) is 5.33. The van der Waals surface area contributed by atoms with Crippen LogP contribution in [0.3, 0.4) is 0 Å². The zero-order valence-electron chi connectivity index (χ0n) is 13.7. The van der Waals surface area contributed by atoms with Crippen molar-refractivity contribution in [3.8, 4) is 5.82 Å². The number of aliphatic hydroxyl groups is 2. The summed E-state index contributed by atoms with van der Waals surface area (Å²) in [7, 11) is 0. The predicted molar refractivity (Wildman–Crippen MR) is 98.7 cm³/mol. The minimum absolute atomic E-state index is 0.153. The van der Waals surface area contributed by atoms with Gasteiger partial charge in [0.2, 0.25) is 0 Å². The fourth-order valence-corrected chi connectivity index (χ4v) is 3.64. The normalized spacial score (nSPS) is 16.6. The SMILES string of the molecule is OCC(O)Cn1cc(-n2cc(C3CNNC3)c3ccc(Cl)c(Cl)c32)nn1. The average molecular weight is 397 g/mol. The van der Waals surface area contributed by atoms with E-state index in [4.69, 9.17) is 28.3 Å². The monoisotopic (exact) mass is 396 g/mol. The number of fused-ring (bicyclic) bond motifs is 1. The molecule has 1 aliphatic rings. The van der Waals surface area contributed by atoms with E-state index in [2.05, 4.69) is 21.2 Å². The lowest BCUT2D eigenvalue weighted by Gasteiger charge is -2.06. The molecule has 0 saturated carbocycles. The molecule has 138 valence electrons. The van der Waals surface area contributed by atoms with Gasteiger partial charge in [-0.05, 0) is 11.6 Å². The maximum Gasteiger partial charge on any atom is 0.179 e. The molecule has 4 N–H and O–H groups in total. The van der Waals surface area contributed by atoms with Gasteiger partial charge in [-0.1, -0.05) is 34.5 Å². The first-order valence-corrected chi connectivity index (χ1v) is 8.98. The van der Waals surface area contributed by atoms with Crippen LogP contribution in [0.1, 0.15) is 11.5 Å². The molecule has 3 heterocycles. The number of hydrazine groups is 1. The lowest BCUT2D eigenvalue weighted by molar-refractivity contribution is 0.0778. The Labute approximate surface area is 159 Å². The van der Waals surface area contributed by atoms with Crippen molar-refractivity contribution < 1.29 is 10.2 Å². The van der Waals surface area contributed by atoms with E-state index in [1.165, 1.54) is 4.68 Å². The predicted octanol–water partition coefficient (Wildman–Crippen LogP) is 1.07. The van der Waals surface area contributed by atoms with Crippen LogP contribution in [-0.2, 0) is 6.54 Å². The molecule has 0 aliphatic carbocycles. The van der Waals surface area contributed by atoms with Crippen LogP contribution in [0.4, 0.5) is 0 Å². The largest absolute Gasteiger partial charge is 0.394 e.